The number of hydrogen-bond acceptors (Lipinski definition) is 3. The van der Waals surface area contributed by atoms with Crippen molar-refractivity contribution >= 4 is 12.1 Å². The molecule has 0 atom stereocenters. The quantitative estimate of drug-likeness (QED) is 0.618. The number of carboxylic acid groups (broad SMARTS) is 1. The highest BCUT2D eigenvalue weighted by molar-refractivity contribution is 5.67. The Morgan fingerprint density at radius 1 is 0.952 bits per heavy atom. The summed E-state index contributed by atoms with van der Waals surface area (Å²) in [7, 11) is 1.76. The van der Waals surface area contributed by atoms with Crippen LogP contribution in [0.15, 0.2) is 0 Å². The van der Waals surface area contributed by atoms with E-state index in [1.807, 2.05) is 20.8 Å². The summed E-state index contributed by atoms with van der Waals surface area (Å²) in [4.78, 5) is 23.7. The molecule has 5 nitrogen and oxygen atoms in total. The highest BCUT2D eigenvalue weighted by Crippen LogP contribution is 2.11. The van der Waals surface area contributed by atoms with Gasteiger partial charge in [0.1, 0.15) is 5.60 Å². The summed E-state index contributed by atoms with van der Waals surface area (Å²) in [5, 5.41) is 8.51. The van der Waals surface area contributed by atoms with Crippen LogP contribution in [0.1, 0.15) is 72.1 Å². The highest BCUT2D eigenvalue weighted by atomic mass is 16.6. The first-order valence-electron chi connectivity index (χ1n) is 7.88. The number of amides is 1. The zero-order valence-electron chi connectivity index (χ0n) is 14.0. The number of unbranched alkanes of at least 4 members (excludes halogenated alkanes) is 6. The van der Waals surface area contributed by atoms with Gasteiger partial charge in [-0.15, -0.1) is 0 Å². The van der Waals surface area contributed by atoms with Gasteiger partial charge in [-0.2, -0.15) is 0 Å². The van der Waals surface area contributed by atoms with Crippen molar-refractivity contribution in [2.75, 3.05) is 13.6 Å². The number of nitrogens with zero attached hydrogens (tertiary/aromatic N) is 1. The molecule has 0 spiro atoms. The number of carbonyl (C=O) groups excluding carboxylic acids is 1. The van der Waals surface area contributed by atoms with Gasteiger partial charge < -0.3 is 14.7 Å². The molecular weight excluding hydrogens is 270 g/mol. The van der Waals surface area contributed by atoms with Gasteiger partial charge >= 0.3 is 12.1 Å². The summed E-state index contributed by atoms with van der Waals surface area (Å²) < 4.78 is 5.28. The molecular formula is C16H31NO4. The van der Waals surface area contributed by atoms with E-state index in [9.17, 15) is 9.59 Å². The number of hydrogen-bond donors (Lipinski definition) is 1. The van der Waals surface area contributed by atoms with Crippen LogP contribution >= 0.6 is 0 Å². The molecule has 0 bridgehead atoms. The molecule has 5 heteroatoms. The molecule has 0 heterocycles. The lowest BCUT2D eigenvalue weighted by atomic mass is 10.1. The second-order valence-electron chi connectivity index (χ2n) is 6.52. The summed E-state index contributed by atoms with van der Waals surface area (Å²) in [5.41, 5.74) is -0.443. The Morgan fingerprint density at radius 3 is 1.90 bits per heavy atom. The molecule has 0 unspecified atom stereocenters. The van der Waals surface area contributed by atoms with Crippen LogP contribution in [0.25, 0.3) is 0 Å². The van der Waals surface area contributed by atoms with Crippen molar-refractivity contribution < 1.29 is 19.4 Å². The number of carboxylic acids is 1. The summed E-state index contributed by atoms with van der Waals surface area (Å²) in [6.07, 6.45) is 7.20. The van der Waals surface area contributed by atoms with Gasteiger partial charge in [0.05, 0.1) is 0 Å². The third kappa shape index (κ3) is 13.5. The number of carbonyl (C=O) groups is 2. The van der Waals surface area contributed by atoms with Crippen LogP contribution in [0, 0.1) is 0 Å². The van der Waals surface area contributed by atoms with Crippen LogP contribution < -0.4 is 0 Å². The van der Waals surface area contributed by atoms with Crippen LogP contribution in [0.3, 0.4) is 0 Å². The molecule has 0 aromatic rings. The minimum absolute atomic E-state index is 0.267. The van der Waals surface area contributed by atoms with Gasteiger partial charge in [0.2, 0.25) is 0 Å². The fourth-order valence-corrected chi connectivity index (χ4v) is 1.94. The molecule has 0 fully saturated rings. The van der Waals surface area contributed by atoms with Crippen molar-refractivity contribution in [1.29, 1.82) is 0 Å². The molecule has 0 rings (SSSR count). The van der Waals surface area contributed by atoms with Crippen molar-refractivity contribution in [3.05, 3.63) is 0 Å². The van der Waals surface area contributed by atoms with Crippen LogP contribution in [-0.4, -0.2) is 41.3 Å². The fourth-order valence-electron chi connectivity index (χ4n) is 1.94. The van der Waals surface area contributed by atoms with Gasteiger partial charge in [-0.1, -0.05) is 32.1 Å². The molecule has 0 aliphatic rings. The first-order chi connectivity index (χ1) is 9.72. The molecule has 21 heavy (non-hydrogen) atoms. The van der Waals surface area contributed by atoms with E-state index in [2.05, 4.69) is 0 Å². The second kappa shape index (κ2) is 10.5. The van der Waals surface area contributed by atoms with Crippen molar-refractivity contribution in [3.63, 3.8) is 0 Å². The smallest absolute Gasteiger partial charge is 0.410 e. The topological polar surface area (TPSA) is 66.8 Å². The molecule has 124 valence electrons. The number of ether oxygens (including phenoxy) is 1. The minimum Gasteiger partial charge on any atom is -0.481 e. The van der Waals surface area contributed by atoms with Crippen LogP contribution in [0.4, 0.5) is 4.79 Å². The largest absolute Gasteiger partial charge is 0.481 e. The molecule has 0 aliphatic carbocycles. The van der Waals surface area contributed by atoms with E-state index in [0.717, 1.165) is 44.9 Å². The lowest BCUT2D eigenvalue weighted by Gasteiger charge is -2.24. The molecule has 0 aromatic carbocycles. The van der Waals surface area contributed by atoms with E-state index in [4.69, 9.17) is 9.84 Å². The Bertz CT molecular complexity index is 310. The highest BCUT2D eigenvalue weighted by Gasteiger charge is 2.18. The Balaban J connectivity index is 3.46. The van der Waals surface area contributed by atoms with Gasteiger partial charge in [0.15, 0.2) is 0 Å². The normalized spacial score (nSPS) is 11.2. The van der Waals surface area contributed by atoms with Gasteiger partial charge in [0, 0.05) is 20.0 Å². The van der Waals surface area contributed by atoms with Crippen LogP contribution in [-0.2, 0) is 9.53 Å². The molecule has 0 aromatic heterocycles. The first-order valence-corrected chi connectivity index (χ1v) is 7.88. The SMILES string of the molecule is CN(CCCCCCCCCC(=O)O)C(=O)OC(C)(C)C. The Labute approximate surface area is 128 Å². The molecule has 0 radical (unpaired) electrons. The van der Waals surface area contributed by atoms with E-state index < -0.39 is 11.6 Å². The van der Waals surface area contributed by atoms with Crippen molar-refractivity contribution in [2.45, 2.75) is 77.7 Å². The standard InChI is InChI=1S/C16H31NO4/c1-16(2,3)21-15(20)17(4)13-11-9-7-5-6-8-10-12-14(18)19/h5-13H2,1-4H3,(H,18,19). The summed E-state index contributed by atoms with van der Waals surface area (Å²) in [5.74, 6) is -0.708. The summed E-state index contributed by atoms with van der Waals surface area (Å²) in [6.45, 7) is 6.31. The average Bonchev–Trinajstić information content (AvgIpc) is 2.34. The molecule has 1 amide bonds. The second-order valence-corrected chi connectivity index (χ2v) is 6.52. The lowest BCUT2D eigenvalue weighted by molar-refractivity contribution is -0.137. The third-order valence-corrected chi connectivity index (χ3v) is 3.09. The predicted octanol–water partition coefficient (Wildman–Crippen LogP) is 4.06. The number of aliphatic carboxylic acids is 1. The van der Waals surface area contributed by atoms with E-state index in [0.29, 0.717) is 6.54 Å². The van der Waals surface area contributed by atoms with Gasteiger partial charge in [-0.3, -0.25) is 4.79 Å². The van der Waals surface area contributed by atoms with Gasteiger partial charge in [-0.05, 0) is 33.6 Å². The van der Waals surface area contributed by atoms with Crippen molar-refractivity contribution in [3.8, 4) is 0 Å². The van der Waals surface area contributed by atoms with Crippen LogP contribution in [0.5, 0.6) is 0 Å². The summed E-state index contributed by atoms with van der Waals surface area (Å²) >= 11 is 0. The fraction of sp³-hybridized carbons (Fsp3) is 0.875. The van der Waals surface area contributed by atoms with Crippen molar-refractivity contribution in [2.24, 2.45) is 0 Å². The summed E-state index contributed by atoms with van der Waals surface area (Å²) in [6, 6.07) is 0. The molecule has 1 N–H and O–H groups in total. The average molecular weight is 301 g/mol. The zero-order valence-corrected chi connectivity index (χ0v) is 14.0. The third-order valence-electron chi connectivity index (χ3n) is 3.09. The first kappa shape index (κ1) is 19.7. The number of rotatable bonds is 10. The van der Waals surface area contributed by atoms with E-state index in [1.165, 1.54) is 0 Å². The van der Waals surface area contributed by atoms with Crippen molar-refractivity contribution in [1.82, 2.24) is 4.90 Å². The van der Waals surface area contributed by atoms with Gasteiger partial charge in [0.25, 0.3) is 0 Å². The van der Waals surface area contributed by atoms with E-state index in [-0.39, 0.29) is 12.5 Å². The maximum absolute atomic E-state index is 11.7. The molecule has 0 saturated heterocycles. The Kier molecular flexibility index (Phi) is 9.84. The van der Waals surface area contributed by atoms with E-state index >= 15 is 0 Å². The molecule has 0 saturated carbocycles. The Morgan fingerprint density at radius 2 is 1.43 bits per heavy atom. The van der Waals surface area contributed by atoms with Gasteiger partial charge in [-0.25, -0.2) is 4.79 Å². The minimum atomic E-state index is -0.708. The predicted molar refractivity (Wildman–Crippen MR) is 83.4 cm³/mol. The Hall–Kier alpha value is -1.26. The molecule has 0 aliphatic heterocycles. The van der Waals surface area contributed by atoms with E-state index in [1.54, 1.807) is 11.9 Å². The zero-order chi connectivity index (χ0) is 16.3. The maximum Gasteiger partial charge on any atom is 0.410 e. The van der Waals surface area contributed by atoms with Crippen LogP contribution in [0.2, 0.25) is 0 Å². The lowest BCUT2D eigenvalue weighted by Crippen LogP contribution is -2.34. The monoisotopic (exact) mass is 301 g/mol. The maximum atomic E-state index is 11.7.